The molecule has 0 heterocycles. The highest BCUT2D eigenvalue weighted by molar-refractivity contribution is 6.31. The maximum absolute atomic E-state index is 10.5. The van der Waals surface area contributed by atoms with Crippen LogP contribution in [0.1, 0.15) is 28.4 Å². The van der Waals surface area contributed by atoms with Crippen molar-refractivity contribution in [1.29, 1.82) is 0 Å². The van der Waals surface area contributed by atoms with E-state index in [4.69, 9.17) is 17.3 Å². The molecule has 0 amide bonds. The van der Waals surface area contributed by atoms with Gasteiger partial charge in [-0.3, -0.25) is 4.79 Å². The van der Waals surface area contributed by atoms with Gasteiger partial charge in [0.2, 0.25) is 0 Å². The normalized spacial score (nSPS) is 14.5. The van der Waals surface area contributed by atoms with E-state index >= 15 is 0 Å². The number of benzene rings is 1. The second kappa shape index (κ2) is 5.96. The van der Waals surface area contributed by atoms with Crippen LogP contribution in [0.15, 0.2) is 18.2 Å². The summed E-state index contributed by atoms with van der Waals surface area (Å²) in [5.74, 6) is 0. The lowest BCUT2D eigenvalue weighted by atomic mass is 10.0. The minimum Gasteiger partial charge on any atom is -0.390 e. The van der Waals surface area contributed by atoms with Gasteiger partial charge >= 0.3 is 0 Å². The molecular weight excluding hydrogens is 230 g/mol. The first-order chi connectivity index (χ1) is 7.60. The van der Waals surface area contributed by atoms with Crippen molar-refractivity contribution in [3.05, 3.63) is 34.3 Å². The lowest BCUT2D eigenvalue weighted by Crippen LogP contribution is -2.22. The highest BCUT2D eigenvalue weighted by atomic mass is 35.5. The molecule has 88 valence electrons. The molecule has 0 aliphatic rings. The Morgan fingerprint density at radius 3 is 2.62 bits per heavy atom. The summed E-state index contributed by atoms with van der Waals surface area (Å²) in [5, 5.41) is 19.6. The highest BCUT2D eigenvalue weighted by Gasteiger charge is 2.20. The van der Waals surface area contributed by atoms with Crippen LogP contribution in [0.3, 0.4) is 0 Å². The summed E-state index contributed by atoms with van der Waals surface area (Å²) in [6, 6.07) is 4.51. The fourth-order valence-corrected chi connectivity index (χ4v) is 1.69. The fraction of sp³-hybridized carbons (Fsp3) is 0.364. The van der Waals surface area contributed by atoms with Gasteiger partial charge in [-0.2, -0.15) is 0 Å². The van der Waals surface area contributed by atoms with Gasteiger partial charge in [0.15, 0.2) is 0 Å². The minimum absolute atomic E-state index is 0.258. The van der Waals surface area contributed by atoms with E-state index in [0.717, 1.165) is 0 Å². The van der Waals surface area contributed by atoms with Crippen molar-refractivity contribution in [3.8, 4) is 0 Å². The zero-order valence-corrected chi connectivity index (χ0v) is 9.39. The van der Waals surface area contributed by atoms with Crippen LogP contribution in [0.2, 0.25) is 5.02 Å². The van der Waals surface area contributed by atoms with E-state index in [1.54, 1.807) is 0 Å². The zero-order chi connectivity index (χ0) is 12.1. The Kier molecular flexibility index (Phi) is 4.89. The van der Waals surface area contributed by atoms with Crippen LogP contribution >= 0.6 is 11.6 Å². The van der Waals surface area contributed by atoms with Crippen LogP contribution in [-0.4, -0.2) is 29.1 Å². The van der Waals surface area contributed by atoms with Crippen LogP contribution in [0.25, 0.3) is 0 Å². The number of aliphatic hydroxyl groups excluding tert-OH is 2. The van der Waals surface area contributed by atoms with Gasteiger partial charge in [0.25, 0.3) is 0 Å². The summed E-state index contributed by atoms with van der Waals surface area (Å²) in [6.45, 7) is 0.280. The van der Waals surface area contributed by atoms with Gasteiger partial charge in [-0.1, -0.05) is 23.7 Å². The van der Waals surface area contributed by atoms with E-state index in [1.165, 1.54) is 18.2 Å². The maximum Gasteiger partial charge on any atom is 0.150 e. The van der Waals surface area contributed by atoms with Gasteiger partial charge in [-0.15, -0.1) is 0 Å². The maximum atomic E-state index is 10.5. The number of hydrogen-bond acceptors (Lipinski definition) is 4. The Hall–Kier alpha value is -0.940. The van der Waals surface area contributed by atoms with Crippen LogP contribution < -0.4 is 5.73 Å². The lowest BCUT2D eigenvalue weighted by Gasteiger charge is -2.18. The number of nitrogens with two attached hydrogens (primary N) is 1. The van der Waals surface area contributed by atoms with Crippen molar-refractivity contribution >= 4 is 17.9 Å². The van der Waals surface area contributed by atoms with Gasteiger partial charge in [-0.05, 0) is 19.0 Å². The minimum atomic E-state index is -1.09. The largest absolute Gasteiger partial charge is 0.390 e. The van der Waals surface area contributed by atoms with Gasteiger partial charge < -0.3 is 15.9 Å². The van der Waals surface area contributed by atoms with Gasteiger partial charge in [0.05, 0.1) is 6.10 Å². The van der Waals surface area contributed by atoms with Gasteiger partial charge in [-0.25, -0.2) is 0 Å². The molecule has 1 aromatic carbocycles. The average molecular weight is 244 g/mol. The van der Waals surface area contributed by atoms with E-state index in [2.05, 4.69) is 0 Å². The third kappa shape index (κ3) is 3.02. The molecule has 0 aromatic heterocycles. The first kappa shape index (κ1) is 13.1. The van der Waals surface area contributed by atoms with Crippen LogP contribution in [0, 0.1) is 0 Å². The first-order valence-corrected chi connectivity index (χ1v) is 5.28. The molecule has 0 saturated carbocycles. The summed E-state index contributed by atoms with van der Waals surface area (Å²) in [4.78, 5) is 10.5. The molecule has 1 aromatic rings. The SMILES string of the molecule is NCCC(O)C(O)c1ccc(C=O)cc1Cl. The van der Waals surface area contributed by atoms with Crippen molar-refractivity contribution in [2.75, 3.05) is 6.54 Å². The van der Waals surface area contributed by atoms with E-state index in [-0.39, 0.29) is 18.0 Å². The number of carbonyl (C=O) groups excluding carboxylic acids is 1. The zero-order valence-electron chi connectivity index (χ0n) is 8.64. The number of aliphatic hydroxyl groups is 2. The predicted molar refractivity (Wildman–Crippen MR) is 61.5 cm³/mol. The highest BCUT2D eigenvalue weighted by Crippen LogP contribution is 2.26. The van der Waals surface area contributed by atoms with Crippen LogP contribution in [-0.2, 0) is 0 Å². The van der Waals surface area contributed by atoms with Crippen molar-refractivity contribution in [2.24, 2.45) is 5.73 Å². The second-order valence-corrected chi connectivity index (χ2v) is 3.90. The topological polar surface area (TPSA) is 83.6 Å². The number of halogens is 1. The molecule has 0 saturated heterocycles. The molecule has 0 radical (unpaired) electrons. The molecule has 4 N–H and O–H groups in total. The molecule has 5 heteroatoms. The number of rotatable bonds is 5. The Labute approximate surface area is 98.6 Å². The predicted octanol–water partition coefficient (Wildman–Crippen LogP) is 0.896. The van der Waals surface area contributed by atoms with E-state index in [9.17, 15) is 15.0 Å². The lowest BCUT2D eigenvalue weighted by molar-refractivity contribution is 0.0151. The molecule has 16 heavy (non-hydrogen) atoms. The monoisotopic (exact) mass is 243 g/mol. The summed E-state index contributed by atoms with van der Waals surface area (Å²) in [5.41, 5.74) is 6.10. The number of aldehydes is 1. The van der Waals surface area contributed by atoms with E-state index < -0.39 is 12.2 Å². The third-order valence-electron chi connectivity index (χ3n) is 2.31. The molecular formula is C11H14ClNO3. The number of hydrogen-bond donors (Lipinski definition) is 3. The Balaban J connectivity index is 2.91. The average Bonchev–Trinajstić information content (AvgIpc) is 2.28. The molecule has 0 spiro atoms. The quantitative estimate of drug-likeness (QED) is 0.671. The molecule has 0 aliphatic carbocycles. The third-order valence-corrected chi connectivity index (χ3v) is 2.63. The Bertz CT molecular complexity index is 370. The summed E-state index contributed by atoms with van der Waals surface area (Å²) in [7, 11) is 0. The molecule has 0 fully saturated rings. The standard InChI is InChI=1S/C11H14ClNO3/c12-9-5-7(6-14)1-2-8(9)11(16)10(15)3-4-13/h1-2,5-6,10-11,15-16H,3-4,13H2. The van der Waals surface area contributed by atoms with E-state index in [0.29, 0.717) is 17.4 Å². The summed E-state index contributed by atoms with van der Waals surface area (Å²) >= 11 is 5.89. The van der Waals surface area contributed by atoms with Gasteiger partial charge in [0, 0.05) is 16.1 Å². The van der Waals surface area contributed by atoms with Crippen molar-refractivity contribution in [1.82, 2.24) is 0 Å². The summed E-state index contributed by atoms with van der Waals surface area (Å²) < 4.78 is 0. The van der Waals surface area contributed by atoms with Crippen LogP contribution in [0.4, 0.5) is 0 Å². The van der Waals surface area contributed by atoms with Crippen molar-refractivity contribution < 1.29 is 15.0 Å². The molecule has 2 atom stereocenters. The Morgan fingerprint density at radius 2 is 2.12 bits per heavy atom. The Morgan fingerprint density at radius 1 is 1.44 bits per heavy atom. The molecule has 1 rings (SSSR count). The first-order valence-electron chi connectivity index (χ1n) is 4.91. The van der Waals surface area contributed by atoms with Crippen LogP contribution in [0.5, 0.6) is 0 Å². The van der Waals surface area contributed by atoms with Crippen molar-refractivity contribution in [3.63, 3.8) is 0 Å². The van der Waals surface area contributed by atoms with Gasteiger partial charge in [0.1, 0.15) is 12.4 Å². The molecule has 0 bridgehead atoms. The smallest absolute Gasteiger partial charge is 0.150 e. The fourth-order valence-electron chi connectivity index (χ4n) is 1.39. The number of carbonyl (C=O) groups is 1. The molecule has 0 aliphatic heterocycles. The second-order valence-electron chi connectivity index (χ2n) is 3.49. The van der Waals surface area contributed by atoms with Crippen molar-refractivity contribution in [2.45, 2.75) is 18.6 Å². The molecule has 4 nitrogen and oxygen atoms in total. The van der Waals surface area contributed by atoms with E-state index in [1.807, 2.05) is 0 Å². The molecule has 2 unspecified atom stereocenters. The summed E-state index contributed by atoms with van der Waals surface area (Å²) in [6.07, 6.45) is -1.09.